The Morgan fingerprint density at radius 2 is 0.905 bits per heavy atom. The van der Waals surface area contributed by atoms with Gasteiger partial charge >= 0.3 is 0 Å². The molecule has 0 saturated heterocycles. The highest BCUT2D eigenvalue weighted by molar-refractivity contribution is 6.46. The molecule has 0 aromatic heterocycles. The first-order chi connectivity index (χ1) is 10.4. The molecule has 0 nitrogen and oxygen atoms in total. The Morgan fingerprint density at radius 3 is 1.43 bits per heavy atom. The molecule has 21 heavy (non-hydrogen) atoms. The van der Waals surface area contributed by atoms with E-state index in [1.165, 1.54) is 37.1 Å². The van der Waals surface area contributed by atoms with Crippen LogP contribution >= 0.6 is 0 Å². The van der Waals surface area contributed by atoms with Crippen LogP contribution in [0, 0.1) is 0 Å². The van der Waals surface area contributed by atoms with Crippen molar-refractivity contribution >= 4 is 42.3 Å². The summed E-state index contributed by atoms with van der Waals surface area (Å²) in [4.78, 5) is 0. The first kappa shape index (κ1) is 12.7. The van der Waals surface area contributed by atoms with Crippen molar-refractivity contribution in [2.75, 3.05) is 0 Å². The van der Waals surface area contributed by atoms with Crippen LogP contribution in [-0.2, 0) is 0 Å². The SMILES string of the molecule is [AlH2][c]1c2ccccc2c(-c2ccccc2)c2ccccc12. The van der Waals surface area contributed by atoms with Crippen molar-refractivity contribution in [3.63, 3.8) is 0 Å². The molecule has 0 aliphatic rings. The first-order valence-corrected chi connectivity index (χ1v) is 8.32. The number of benzene rings is 4. The van der Waals surface area contributed by atoms with Gasteiger partial charge in [-0.2, -0.15) is 0 Å². The maximum Gasteiger partial charge on any atom is 0.260 e. The molecule has 0 heterocycles. The highest BCUT2D eigenvalue weighted by atomic mass is 27.0. The fraction of sp³-hybridized carbons (Fsp3) is 0. The molecule has 0 N–H and O–H groups in total. The predicted octanol–water partition coefficient (Wildman–Crippen LogP) is 3.92. The molecule has 0 aliphatic carbocycles. The molecule has 1 heteroatoms. The monoisotopic (exact) mass is 282 g/mol. The van der Waals surface area contributed by atoms with Gasteiger partial charge in [-0.1, -0.05) is 78.9 Å². The topological polar surface area (TPSA) is 0 Å². The lowest BCUT2D eigenvalue weighted by atomic mass is 9.92. The van der Waals surface area contributed by atoms with Crippen LogP contribution in [0.3, 0.4) is 0 Å². The minimum absolute atomic E-state index is 1.06. The average molecular weight is 282 g/mol. The third kappa shape index (κ3) is 1.98. The van der Waals surface area contributed by atoms with Crippen molar-refractivity contribution in [2.45, 2.75) is 0 Å². The van der Waals surface area contributed by atoms with Gasteiger partial charge in [0.2, 0.25) is 0 Å². The van der Waals surface area contributed by atoms with Gasteiger partial charge in [0.25, 0.3) is 16.3 Å². The fourth-order valence-corrected chi connectivity index (χ4v) is 4.13. The fourth-order valence-electron chi connectivity index (χ4n) is 3.26. The third-order valence-electron chi connectivity index (χ3n) is 4.26. The van der Waals surface area contributed by atoms with Gasteiger partial charge in [0.15, 0.2) is 0 Å². The zero-order chi connectivity index (χ0) is 14.2. The summed E-state index contributed by atoms with van der Waals surface area (Å²) in [5.74, 6) is 0. The van der Waals surface area contributed by atoms with Gasteiger partial charge in [0.05, 0.1) is 0 Å². The minimum atomic E-state index is 1.06. The molecule has 4 rings (SSSR count). The van der Waals surface area contributed by atoms with E-state index in [1.807, 2.05) is 0 Å². The zero-order valence-corrected chi connectivity index (χ0v) is 14.0. The van der Waals surface area contributed by atoms with Gasteiger partial charge < -0.3 is 0 Å². The van der Waals surface area contributed by atoms with E-state index in [-0.39, 0.29) is 0 Å². The Kier molecular flexibility index (Phi) is 3.04. The Bertz CT molecular complexity index is 883. The summed E-state index contributed by atoms with van der Waals surface area (Å²) < 4.78 is 1.50. The van der Waals surface area contributed by atoms with E-state index in [9.17, 15) is 0 Å². The average Bonchev–Trinajstić information content (AvgIpc) is 2.56. The number of rotatable bonds is 1. The van der Waals surface area contributed by atoms with Crippen LogP contribution in [0.5, 0.6) is 0 Å². The van der Waals surface area contributed by atoms with Gasteiger partial charge in [0, 0.05) is 0 Å². The van der Waals surface area contributed by atoms with Crippen molar-refractivity contribution in [2.24, 2.45) is 0 Å². The van der Waals surface area contributed by atoms with Crippen molar-refractivity contribution in [3.8, 4) is 11.1 Å². The molecular formula is C20H15Al. The van der Waals surface area contributed by atoms with Gasteiger partial charge in [0.1, 0.15) is 0 Å². The summed E-state index contributed by atoms with van der Waals surface area (Å²) in [6.45, 7) is 0. The van der Waals surface area contributed by atoms with Crippen LogP contribution in [-0.4, -0.2) is 16.3 Å². The Labute approximate surface area is 132 Å². The number of fused-ring (bicyclic) bond motifs is 2. The Hall–Kier alpha value is -2.07. The smallest absolute Gasteiger partial charge is 0.106 e. The largest absolute Gasteiger partial charge is 0.260 e. The minimum Gasteiger partial charge on any atom is -0.106 e. The van der Waals surface area contributed by atoms with E-state index in [0.717, 1.165) is 16.3 Å². The van der Waals surface area contributed by atoms with Crippen LogP contribution in [0.4, 0.5) is 0 Å². The molecule has 98 valence electrons. The van der Waals surface area contributed by atoms with Crippen molar-refractivity contribution in [3.05, 3.63) is 78.9 Å². The second kappa shape index (κ2) is 5.04. The Morgan fingerprint density at radius 1 is 0.476 bits per heavy atom. The second-order valence-electron chi connectivity index (χ2n) is 5.46. The number of hydrogen-bond acceptors (Lipinski definition) is 0. The van der Waals surface area contributed by atoms with E-state index < -0.39 is 0 Å². The van der Waals surface area contributed by atoms with Gasteiger partial charge in [-0.25, -0.2) is 0 Å². The Balaban J connectivity index is 2.28. The van der Waals surface area contributed by atoms with E-state index in [1.54, 1.807) is 0 Å². The number of hydrogen-bond donors (Lipinski definition) is 0. The normalized spacial score (nSPS) is 11.0. The lowest BCUT2D eigenvalue weighted by Crippen LogP contribution is -2.07. The van der Waals surface area contributed by atoms with Crippen LogP contribution in [0.2, 0.25) is 0 Å². The summed E-state index contributed by atoms with van der Waals surface area (Å²) in [6.07, 6.45) is 0. The molecule has 0 spiro atoms. The van der Waals surface area contributed by atoms with Gasteiger partial charge in [-0.05, 0) is 32.7 Å². The van der Waals surface area contributed by atoms with Crippen molar-refractivity contribution in [1.29, 1.82) is 0 Å². The van der Waals surface area contributed by atoms with Crippen molar-refractivity contribution < 1.29 is 0 Å². The third-order valence-corrected chi connectivity index (χ3v) is 5.34. The zero-order valence-electron chi connectivity index (χ0n) is 12.0. The quantitative estimate of drug-likeness (QED) is 0.367. The standard InChI is InChI=1S/C20H13.Al.2H/c1-2-8-15(9-3-1)20-18-12-6-4-10-16(18)14-17-11-5-7-13-19(17)20;;;/h1-13H;;;. The predicted molar refractivity (Wildman–Crippen MR) is 95.1 cm³/mol. The molecular weight excluding hydrogens is 267 g/mol. The van der Waals surface area contributed by atoms with Crippen LogP contribution in [0.1, 0.15) is 0 Å². The maximum absolute atomic E-state index is 2.26. The molecule has 0 unspecified atom stereocenters. The van der Waals surface area contributed by atoms with E-state index >= 15 is 0 Å². The van der Waals surface area contributed by atoms with Gasteiger partial charge in [-0.3, -0.25) is 0 Å². The highest BCUT2D eigenvalue weighted by Crippen LogP contribution is 2.34. The molecule has 4 aromatic rings. The molecule has 0 aliphatic heterocycles. The van der Waals surface area contributed by atoms with Crippen LogP contribution in [0.25, 0.3) is 32.7 Å². The van der Waals surface area contributed by atoms with Gasteiger partial charge in [-0.15, -0.1) is 4.43 Å². The molecule has 0 fully saturated rings. The summed E-state index contributed by atoms with van der Waals surface area (Å²) in [6, 6.07) is 28.3. The summed E-state index contributed by atoms with van der Waals surface area (Å²) >= 11 is 1.06. The van der Waals surface area contributed by atoms with Crippen molar-refractivity contribution in [1.82, 2.24) is 0 Å². The highest BCUT2D eigenvalue weighted by Gasteiger charge is 2.11. The van der Waals surface area contributed by atoms with E-state index in [4.69, 9.17) is 0 Å². The maximum atomic E-state index is 2.26. The summed E-state index contributed by atoms with van der Waals surface area (Å²) in [7, 11) is 0. The lowest BCUT2D eigenvalue weighted by Gasteiger charge is -2.15. The first-order valence-electron chi connectivity index (χ1n) is 7.32. The van der Waals surface area contributed by atoms with Crippen LogP contribution < -0.4 is 4.43 Å². The molecule has 0 saturated carbocycles. The molecule has 0 radical (unpaired) electrons. The van der Waals surface area contributed by atoms with E-state index in [0.29, 0.717) is 0 Å². The molecule has 4 aromatic carbocycles. The molecule has 0 bridgehead atoms. The van der Waals surface area contributed by atoms with E-state index in [2.05, 4.69) is 78.9 Å². The lowest BCUT2D eigenvalue weighted by molar-refractivity contribution is 1.68. The second-order valence-corrected chi connectivity index (χ2v) is 6.46. The molecule has 0 atom stereocenters. The summed E-state index contributed by atoms with van der Waals surface area (Å²) in [5, 5.41) is 5.54. The molecule has 0 amide bonds. The summed E-state index contributed by atoms with van der Waals surface area (Å²) in [5.41, 5.74) is 2.66. The van der Waals surface area contributed by atoms with Crippen LogP contribution in [0.15, 0.2) is 78.9 Å².